The summed E-state index contributed by atoms with van der Waals surface area (Å²) < 4.78 is 1.09. The van der Waals surface area contributed by atoms with Crippen molar-refractivity contribution in [2.75, 3.05) is 18.0 Å². The number of hydrogen-bond acceptors (Lipinski definition) is 1. The summed E-state index contributed by atoms with van der Waals surface area (Å²) in [4.78, 5) is 2.40. The smallest absolute Gasteiger partial charge is 0.0511 e. The maximum atomic E-state index is 5.94. The zero-order valence-electron chi connectivity index (χ0n) is 9.93. The predicted octanol–water partition coefficient (Wildman–Crippen LogP) is 4.58. The largest absolute Gasteiger partial charge is 0.370 e. The Morgan fingerprint density at radius 3 is 2.44 bits per heavy atom. The maximum absolute atomic E-state index is 5.94. The molecule has 0 atom stereocenters. The molecule has 0 N–H and O–H groups in total. The van der Waals surface area contributed by atoms with Gasteiger partial charge in [-0.25, -0.2) is 0 Å². The van der Waals surface area contributed by atoms with Crippen LogP contribution in [0.5, 0.6) is 0 Å². The Balaban J connectivity index is 2.07. The fourth-order valence-corrected chi connectivity index (χ4v) is 2.89. The van der Waals surface area contributed by atoms with Gasteiger partial charge in [0, 0.05) is 22.6 Å². The van der Waals surface area contributed by atoms with Crippen LogP contribution < -0.4 is 4.90 Å². The minimum Gasteiger partial charge on any atom is -0.370 e. The Hall–Kier alpha value is -0.210. The Labute approximate surface area is 111 Å². The van der Waals surface area contributed by atoms with E-state index in [1.54, 1.807) is 0 Å². The van der Waals surface area contributed by atoms with Crippen LogP contribution in [0.25, 0.3) is 0 Å². The summed E-state index contributed by atoms with van der Waals surface area (Å²) in [6, 6.07) is 6.00. The number of rotatable bonds is 1. The second-order valence-corrected chi connectivity index (χ2v) is 6.85. The minimum atomic E-state index is 0.412. The van der Waals surface area contributed by atoms with E-state index in [0.717, 1.165) is 28.5 Å². The van der Waals surface area contributed by atoms with E-state index in [1.807, 2.05) is 12.1 Å². The van der Waals surface area contributed by atoms with E-state index in [1.165, 1.54) is 5.69 Å². The minimum absolute atomic E-state index is 0.412. The summed E-state index contributed by atoms with van der Waals surface area (Å²) in [5, 5.41) is 0.781. The molecule has 1 heterocycles. The van der Waals surface area contributed by atoms with Crippen molar-refractivity contribution < 1.29 is 0 Å². The van der Waals surface area contributed by atoms with Crippen molar-refractivity contribution in [1.29, 1.82) is 0 Å². The van der Waals surface area contributed by atoms with E-state index in [9.17, 15) is 0 Å². The number of nitrogens with zero attached hydrogens (tertiary/aromatic N) is 1. The first-order valence-corrected chi connectivity index (χ1v) is 6.75. The molecule has 0 aromatic heterocycles. The van der Waals surface area contributed by atoms with E-state index < -0.39 is 0 Å². The van der Waals surface area contributed by atoms with Gasteiger partial charge in [-0.3, -0.25) is 0 Å². The van der Waals surface area contributed by atoms with Crippen LogP contribution in [0.2, 0.25) is 5.02 Å². The van der Waals surface area contributed by atoms with Gasteiger partial charge in [0.15, 0.2) is 0 Å². The Morgan fingerprint density at radius 1 is 1.31 bits per heavy atom. The third kappa shape index (κ3) is 2.38. The second-order valence-electron chi connectivity index (χ2n) is 5.56. The van der Waals surface area contributed by atoms with Crippen LogP contribution in [-0.2, 0) is 0 Å². The predicted molar refractivity (Wildman–Crippen MR) is 74.3 cm³/mol. The first-order chi connectivity index (χ1) is 7.38. The molecule has 1 aromatic rings. The molecule has 88 valence electrons. The van der Waals surface area contributed by atoms with Gasteiger partial charge in [0.25, 0.3) is 0 Å². The topological polar surface area (TPSA) is 3.24 Å². The first-order valence-electron chi connectivity index (χ1n) is 5.58. The Bertz CT molecular complexity index is 391. The summed E-state index contributed by atoms with van der Waals surface area (Å²) >= 11 is 9.50. The maximum Gasteiger partial charge on any atom is 0.0511 e. The summed E-state index contributed by atoms with van der Waals surface area (Å²) in [7, 11) is 0. The van der Waals surface area contributed by atoms with Crippen LogP contribution in [0.1, 0.15) is 20.8 Å². The molecule has 16 heavy (non-hydrogen) atoms. The molecule has 0 unspecified atom stereocenters. The van der Waals surface area contributed by atoms with Crippen LogP contribution in [0, 0.1) is 11.3 Å². The lowest BCUT2D eigenvalue weighted by molar-refractivity contribution is 0.195. The van der Waals surface area contributed by atoms with E-state index in [4.69, 9.17) is 11.6 Å². The van der Waals surface area contributed by atoms with Crippen molar-refractivity contribution in [3.63, 3.8) is 0 Å². The third-order valence-electron chi connectivity index (χ3n) is 3.36. The summed E-state index contributed by atoms with van der Waals surface area (Å²) in [5.74, 6) is 0.787. The molecule has 2 rings (SSSR count). The van der Waals surface area contributed by atoms with Gasteiger partial charge in [0.1, 0.15) is 0 Å². The summed E-state index contributed by atoms with van der Waals surface area (Å²) in [6.45, 7) is 9.22. The molecule has 0 spiro atoms. The summed E-state index contributed by atoms with van der Waals surface area (Å²) in [5.41, 5.74) is 1.67. The van der Waals surface area contributed by atoms with Crippen molar-refractivity contribution in [1.82, 2.24) is 0 Å². The average Bonchev–Trinajstić information content (AvgIpc) is 2.03. The van der Waals surface area contributed by atoms with Crippen LogP contribution in [-0.4, -0.2) is 13.1 Å². The van der Waals surface area contributed by atoms with Crippen molar-refractivity contribution >= 4 is 33.2 Å². The van der Waals surface area contributed by atoms with E-state index in [0.29, 0.717) is 5.41 Å². The molecular weight excluding hydrogens is 286 g/mol. The molecule has 1 fully saturated rings. The highest BCUT2D eigenvalue weighted by atomic mass is 79.9. The molecule has 1 saturated heterocycles. The van der Waals surface area contributed by atoms with Crippen LogP contribution in [0.4, 0.5) is 5.69 Å². The van der Waals surface area contributed by atoms with E-state index in [-0.39, 0.29) is 0 Å². The van der Waals surface area contributed by atoms with Gasteiger partial charge in [0.05, 0.1) is 5.69 Å². The van der Waals surface area contributed by atoms with Gasteiger partial charge in [-0.1, -0.05) is 32.4 Å². The van der Waals surface area contributed by atoms with Crippen LogP contribution >= 0.6 is 27.5 Å². The van der Waals surface area contributed by atoms with Gasteiger partial charge < -0.3 is 4.90 Å². The molecular formula is C13H17BrClN. The molecule has 1 nitrogen and oxygen atoms in total. The van der Waals surface area contributed by atoms with Gasteiger partial charge in [-0.05, 0) is 45.5 Å². The van der Waals surface area contributed by atoms with Crippen molar-refractivity contribution in [2.45, 2.75) is 20.8 Å². The SMILES string of the molecule is CC(C)(C)C1CN(c2ccc(Cl)cc2Br)C1. The first kappa shape index (κ1) is 12.3. The zero-order chi connectivity index (χ0) is 11.9. The van der Waals surface area contributed by atoms with Crippen molar-refractivity contribution in [3.05, 3.63) is 27.7 Å². The normalized spacial score (nSPS) is 17.4. The lowest BCUT2D eigenvalue weighted by Gasteiger charge is -2.48. The number of anilines is 1. The second kappa shape index (κ2) is 4.23. The molecule has 0 amide bonds. The molecule has 0 radical (unpaired) electrons. The Kier molecular flexibility index (Phi) is 3.24. The van der Waals surface area contributed by atoms with Crippen molar-refractivity contribution in [3.8, 4) is 0 Å². The lowest BCUT2D eigenvalue weighted by atomic mass is 9.76. The monoisotopic (exact) mass is 301 g/mol. The van der Waals surface area contributed by atoms with Crippen LogP contribution in [0.15, 0.2) is 22.7 Å². The fourth-order valence-electron chi connectivity index (χ4n) is 1.96. The van der Waals surface area contributed by atoms with E-state index in [2.05, 4.69) is 47.7 Å². The molecule has 1 aliphatic heterocycles. The molecule has 1 aliphatic rings. The number of halogens is 2. The summed E-state index contributed by atoms with van der Waals surface area (Å²) in [6.07, 6.45) is 0. The van der Waals surface area contributed by atoms with E-state index >= 15 is 0 Å². The van der Waals surface area contributed by atoms with Gasteiger partial charge in [0.2, 0.25) is 0 Å². The lowest BCUT2D eigenvalue weighted by Crippen LogP contribution is -2.52. The fraction of sp³-hybridized carbons (Fsp3) is 0.538. The van der Waals surface area contributed by atoms with Gasteiger partial charge >= 0.3 is 0 Å². The highest BCUT2D eigenvalue weighted by Gasteiger charge is 2.36. The average molecular weight is 303 g/mol. The van der Waals surface area contributed by atoms with Crippen LogP contribution in [0.3, 0.4) is 0 Å². The number of benzene rings is 1. The molecule has 0 aliphatic carbocycles. The highest BCUT2D eigenvalue weighted by Crippen LogP contribution is 2.39. The standard InChI is InChI=1S/C13H17BrClN/c1-13(2,3)9-7-16(8-9)12-5-4-10(15)6-11(12)14/h4-6,9H,7-8H2,1-3H3. The number of hydrogen-bond donors (Lipinski definition) is 0. The van der Waals surface area contributed by atoms with Gasteiger partial charge in [-0.15, -0.1) is 0 Å². The molecule has 0 saturated carbocycles. The quantitative estimate of drug-likeness (QED) is 0.733. The zero-order valence-corrected chi connectivity index (χ0v) is 12.3. The Morgan fingerprint density at radius 2 is 1.94 bits per heavy atom. The third-order valence-corrected chi connectivity index (χ3v) is 4.23. The molecule has 3 heteroatoms. The molecule has 0 bridgehead atoms. The highest BCUT2D eigenvalue weighted by molar-refractivity contribution is 9.10. The van der Waals surface area contributed by atoms with Gasteiger partial charge in [-0.2, -0.15) is 0 Å². The molecule has 1 aromatic carbocycles. The van der Waals surface area contributed by atoms with Crippen molar-refractivity contribution in [2.24, 2.45) is 11.3 Å².